The van der Waals surface area contributed by atoms with Crippen molar-refractivity contribution in [2.75, 3.05) is 0 Å². The summed E-state index contributed by atoms with van der Waals surface area (Å²) in [6.45, 7) is 0. The van der Waals surface area contributed by atoms with Crippen LogP contribution in [-0.4, -0.2) is 17.7 Å². The average Bonchev–Trinajstić information content (AvgIpc) is 2.54. The number of ketones is 1. The Hall–Kier alpha value is -1.64. The second kappa shape index (κ2) is 4.92. The minimum atomic E-state index is -0.336. The lowest BCUT2D eigenvalue weighted by Gasteiger charge is -2.14. The molecule has 0 saturated carbocycles. The van der Waals surface area contributed by atoms with Gasteiger partial charge < -0.3 is 5.32 Å². The molecule has 16 heavy (non-hydrogen) atoms. The molecular formula is C13H15NO2. The molecule has 1 aliphatic rings. The Balaban J connectivity index is 2.12. The fraction of sp³-hybridized carbons (Fsp3) is 0.385. The molecule has 0 aliphatic carbocycles. The fourth-order valence-electron chi connectivity index (χ4n) is 1.97. The minimum Gasteiger partial charge on any atom is -0.346 e. The maximum Gasteiger partial charge on any atom is 0.220 e. The monoisotopic (exact) mass is 217 g/mol. The van der Waals surface area contributed by atoms with Crippen molar-refractivity contribution in [2.24, 2.45) is 0 Å². The molecule has 1 aliphatic heterocycles. The lowest BCUT2D eigenvalue weighted by Crippen LogP contribution is -2.39. The van der Waals surface area contributed by atoms with Gasteiger partial charge in [0.2, 0.25) is 5.91 Å². The highest BCUT2D eigenvalue weighted by Gasteiger charge is 2.23. The summed E-state index contributed by atoms with van der Waals surface area (Å²) in [5, 5.41) is 2.79. The Morgan fingerprint density at radius 1 is 1.19 bits per heavy atom. The molecule has 3 heteroatoms. The standard InChI is InChI=1S/C13H15NO2/c15-12-9-5-4-8-11(14-12)13(16)10-6-2-1-3-7-10/h1-3,6-7,11H,4-5,8-9H2,(H,14,15). The number of hydrogen-bond acceptors (Lipinski definition) is 2. The first-order valence-corrected chi connectivity index (χ1v) is 5.66. The van der Waals surface area contributed by atoms with Gasteiger partial charge in [0, 0.05) is 12.0 Å². The summed E-state index contributed by atoms with van der Waals surface area (Å²) in [5.41, 5.74) is 0.676. The van der Waals surface area contributed by atoms with Crippen LogP contribution in [0.2, 0.25) is 0 Å². The SMILES string of the molecule is O=C1CCCCC(C(=O)c2ccccc2)N1. The number of nitrogens with one attached hydrogen (secondary N) is 1. The van der Waals surface area contributed by atoms with Crippen LogP contribution >= 0.6 is 0 Å². The summed E-state index contributed by atoms with van der Waals surface area (Å²) in [6, 6.07) is 8.80. The zero-order chi connectivity index (χ0) is 11.4. The van der Waals surface area contributed by atoms with Gasteiger partial charge in [0.25, 0.3) is 0 Å². The van der Waals surface area contributed by atoms with Gasteiger partial charge in [0.05, 0.1) is 6.04 Å². The number of carbonyl (C=O) groups is 2. The van der Waals surface area contributed by atoms with Gasteiger partial charge in [-0.15, -0.1) is 0 Å². The molecule has 1 atom stereocenters. The lowest BCUT2D eigenvalue weighted by molar-refractivity contribution is -0.121. The smallest absolute Gasteiger partial charge is 0.220 e. The third kappa shape index (κ3) is 2.48. The zero-order valence-corrected chi connectivity index (χ0v) is 9.11. The molecule has 1 aromatic carbocycles. The summed E-state index contributed by atoms with van der Waals surface area (Å²) in [6.07, 6.45) is 3.10. The van der Waals surface area contributed by atoms with E-state index in [0.29, 0.717) is 12.0 Å². The van der Waals surface area contributed by atoms with Crippen LogP contribution in [0.3, 0.4) is 0 Å². The maximum atomic E-state index is 12.1. The average molecular weight is 217 g/mol. The van der Waals surface area contributed by atoms with E-state index in [-0.39, 0.29) is 17.7 Å². The van der Waals surface area contributed by atoms with Gasteiger partial charge in [-0.1, -0.05) is 36.8 Å². The minimum absolute atomic E-state index is 0.00761. The van der Waals surface area contributed by atoms with Crippen LogP contribution in [0.4, 0.5) is 0 Å². The topological polar surface area (TPSA) is 46.2 Å². The van der Waals surface area contributed by atoms with Crippen molar-refractivity contribution in [1.82, 2.24) is 5.32 Å². The van der Waals surface area contributed by atoms with Gasteiger partial charge in [-0.25, -0.2) is 0 Å². The van der Waals surface area contributed by atoms with Crippen LogP contribution in [0, 0.1) is 0 Å². The number of carbonyl (C=O) groups excluding carboxylic acids is 2. The second-order valence-corrected chi connectivity index (χ2v) is 4.10. The van der Waals surface area contributed by atoms with Gasteiger partial charge in [-0.3, -0.25) is 9.59 Å². The van der Waals surface area contributed by atoms with Crippen molar-refractivity contribution in [3.63, 3.8) is 0 Å². The van der Waals surface area contributed by atoms with Gasteiger partial charge >= 0.3 is 0 Å². The first-order chi connectivity index (χ1) is 7.77. The Morgan fingerprint density at radius 3 is 2.69 bits per heavy atom. The van der Waals surface area contributed by atoms with Crippen LogP contribution in [0.25, 0.3) is 0 Å². The molecule has 1 heterocycles. The van der Waals surface area contributed by atoms with Crippen molar-refractivity contribution in [1.29, 1.82) is 0 Å². The van der Waals surface area contributed by atoms with Crippen molar-refractivity contribution in [3.8, 4) is 0 Å². The Kier molecular flexibility index (Phi) is 3.34. The highest BCUT2D eigenvalue weighted by molar-refractivity contribution is 6.01. The zero-order valence-electron chi connectivity index (χ0n) is 9.11. The number of rotatable bonds is 2. The van der Waals surface area contributed by atoms with Crippen LogP contribution in [0.1, 0.15) is 36.0 Å². The van der Waals surface area contributed by atoms with Crippen LogP contribution in [-0.2, 0) is 4.79 Å². The van der Waals surface area contributed by atoms with Crippen LogP contribution in [0.5, 0.6) is 0 Å². The number of hydrogen-bond donors (Lipinski definition) is 1. The van der Waals surface area contributed by atoms with Crippen molar-refractivity contribution in [3.05, 3.63) is 35.9 Å². The normalized spacial score (nSPS) is 21.0. The molecule has 1 unspecified atom stereocenters. The van der Waals surface area contributed by atoms with E-state index in [4.69, 9.17) is 0 Å². The van der Waals surface area contributed by atoms with E-state index in [1.807, 2.05) is 18.2 Å². The van der Waals surface area contributed by atoms with E-state index in [9.17, 15) is 9.59 Å². The summed E-state index contributed by atoms with van der Waals surface area (Å²) >= 11 is 0. The molecule has 2 rings (SSSR count). The van der Waals surface area contributed by atoms with Crippen molar-refractivity contribution >= 4 is 11.7 Å². The Morgan fingerprint density at radius 2 is 1.94 bits per heavy atom. The molecule has 1 amide bonds. The molecule has 0 bridgehead atoms. The third-order valence-corrected chi connectivity index (χ3v) is 2.86. The van der Waals surface area contributed by atoms with E-state index < -0.39 is 0 Å². The van der Waals surface area contributed by atoms with Gasteiger partial charge in [-0.05, 0) is 12.8 Å². The molecule has 0 spiro atoms. The molecule has 1 N–H and O–H groups in total. The summed E-state index contributed by atoms with van der Waals surface area (Å²) in [7, 11) is 0. The number of benzene rings is 1. The molecule has 1 saturated heterocycles. The molecule has 0 radical (unpaired) electrons. The summed E-state index contributed by atoms with van der Waals surface area (Å²) < 4.78 is 0. The quantitative estimate of drug-likeness (QED) is 0.769. The van der Waals surface area contributed by atoms with E-state index >= 15 is 0 Å². The molecule has 1 aromatic rings. The predicted octanol–water partition coefficient (Wildman–Crippen LogP) is 1.93. The van der Waals surface area contributed by atoms with Crippen LogP contribution < -0.4 is 5.32 Å². The summed E-state index contributed by atoms with van der Waals surface area (Å²) in [4.78, 5) is 23.4. The molecule has 3 nitrogen and oxygen atoms in total. The van der Waals surface area contributed by atoms with Crippen molar-refractivity contribution < 1.29 is 9.59 Å². The maximum absolute atomic E-state index is 12.1. The highest BCUT2D eigenvalue weighted by atomic mass is 16.2. The van der Waals surface area contributed by atoms with E-state index in [1.54, 1.807) is 12.1 Å². The van der Waals surface area contributed by atoms with E-state index in [2.05, 4.69) is 5.32 Å². The number of Topliss-reactive ketones (excluding diaryl/α,β-unsaturated/α-hetero) is 1. The first-order valence-electron chi connectivity index (χ1n) is 5.66. The largest absolute Gasteiger partial charge is 0.346 e. The Bertz CT molecular complexity index is 386. The lowest BCUT2D eigenvalue weighted by atomic mass is 10.0. The molecule has 1 fully saturated rings. The molecule has 84 valence electrons. The third-order valence-electron chi connectivity index (χ3n) is 2.86. The summed E-state index contributed by atoms with van der Waals surface area (Å²) in [5.74, 6) is 0.0163. The Labute approximate surface area is 94.9 Å². The molecular weight excluding hydrogens is 202 g/mol. The first kappa shape index (κ1) is 10.9. The molecule has 0 aromatic heterocycles. The van der Waals surface area contributed by atoms with Gasteiger partial charge in [0.15, 0.2) is 5.78 Å². The van der Waals surface area contributed by atoms with Gasteiger partial charge in [-0.2, -0.15) is 0 Å². The highest BCUT2D eigenvalue weighted by Crippen LogP contribution is 2.13. The fourth-order valence-corrected chi connectivity index (χ4v) is 1.97. The van der Waals surface area contributed by atoms with Crippen molar-refractivity contribution in [2.45, 2.75) is 31.7 Å². The van der Waals surface area contributed by atoms with E-state index in [0.717, 1.165) is 19.3 Å². The number of amides is 1. The second-order valence-electron chi connectivity index (χ2n) is 4.10. The van der Waals surface area contributed by atoms with E-state index in [1.165, 1.54) is 0 Å². The van der Waals surface area contributed by atoms with Gasteiger partial charge in [0.1, 0.15) is 0 Å². The van der Waals surface area contributed by atoms with Crippen LogP contribution in [0.15, 0.2) is 30.3 Å². The predicted molar refractivity (Wildman–Crippen MR) is 61.2 cm³/mol.